The summed E-state index contributed by atoms with van der Waals surface area (Å²) in [6.07, 6.45) is 6.68. The molecule has 1 N–H and O–H groups in total. The fraction of sp³-hybridized carbons (Fsp3) is 0.786. The lowest BCUT2D eigenvalue weighted by Gasteiger charge is -2.23. The van der Waals surface area contributed by atoms with E-state index < -0.39 is 0 Å². The van der Waals surface area contributed by atoms with Gasteiger partial charge in [0.2, 0.25) is 0 Å². The van der Waals surface area contributed by atoms with E-state index in [2.05, 4.69) is 58.7 Å². The minimum atomic E-state index is 0.397. The molecule has 0 bridgehead atoms. The van der Waals surface area contributed by atoms with Gasteiger partial charge >= 0.3 is 0 Å². The maximum atomic E-state index is 4.47. The first kappa shape index (κ1) is 15.7. The van der Waals surface area contributed by atoms with Gasteiger partial charge in [0.25, 0.3) is 0 Å². The summed E-state index contributed by atoms with van der Waals surface area (Å²) in [5.41, 5.74) is 1.30. The Morgan fingerprint density at radius 1 is 1.33 bits per heavy atom. The molecule has 3 nitrogen and oxygen atoms in total. The quantitative estimate of drug-likeness (QED) is 0.775. The Hall–Kier alpha value is -0.350. The summed E-state index contributed by atoms with van der Waals surface area (Å²) in [5.74, 6) is 0. The molecule has 0 saturated carbocycles. The summed E-state index contributed by atoms with van der Waals surface area (Å²) in [5, 5.41) is 8.14. The molecule has 0 aromatic carbocycles. The first-order valence-electron chi connectivity index (χ1n) is 7.07. The van der Waals surface area contributed by atoms with Crippen molar-refractivity contribution in [2.24, 2.45) is 0 Å². The standard InChI is InChI=1S/C14H26BrN3/c1-5-7-8-13(17-11(3)4)14-12(15)10-16-18(14)9-6-2/h10-11,13,17H,5-9H2,1-4H3. The van der Waals surface area contributed by atoms with Crippen molar-refractivity contribution in [1.29, 1.82) is 0 Å². The number of unbranched alkanes of at least 4 members (excludes halogenated alkanes) is 1. The lowest BCUT2D eigenvalue weighted by Crippen LogP contribution is -2.30. The number of nitrogens with one attached hydrogen (secondary N) is 1. The van der Waals surface area contributed by atoms with Crippen LogP contribution in [0.15, 0.2) is 10.7 Å². The molecule has 1 rings (SSSR count). The van der Waals surface area contributed by atoms with Gasteiger partial charge in [0.15, 0.2) is 0 Å². The maximum Gasteiger partial charge on any atom is 0.0695 e. The second kappa shape index (κ2) is 7.95. The number of aromatic nitrogens is 2. The van der Waals surface area contributed by atoms with Crippen LogP contribution in [0.3, 0.4) is 0 Å². The van der Waals surface area contributed by atoms with E-state index >= 15 is 0 Å². The monoisotopic (exact) mass is 315 g/mol. The van der Waals surface area contributed by atoms with Gasteiger partial charge in [0.05, 0.1) is 22.4 Å². The van der Waals surface area contributed by atoms with Gasteiger partial charge in [0.1, 0.15) is 0 Å². The van der Waals surface area contributed by atoms with Crippen LogP contribution < -0.4 is 5.32 Å². The predicted octanol–water partition coefficient (Wildman–Crippen LogP) is 4.28. The number of aryl methyl sites for hydroxylation is 1. The largest absolute Gasteiger partial charge is 0.306 e. The van der Waals surface area contributed by atoms with Crippen molar-refractivity contribution < 1.29 is 0 Å². The second-order valence-electron chi connectivity index (χ2n) is 5.12. The van der Waals surface area contributed by atoms with Crippen LogP contribution >= 0.6 is 15.9 Å². The molecule has 0 radical (unpaired) electrons. The van der Waals surface area contributed by atoms with Crippen molar-refractivity contribution in [3.63, 3.8) is 0 Å². The minimum absolute atomic E-state index is 0.397. The van der Waals surface area contributed by atoms with Gasteiger partial charge in [-0.1, -0.05) is 40.5 Å². The summed E-state index contributed by atoms with van der Waals surface area (Å²) in [6.45, 7) is 9.82. The van der Waals surface area contributed by atoms with Crippen molar-refractivity contribution in [3.05, 3.63) is 16.4 Å². The fourth-order valence-electron chi connectivity index (χ4n) is 2.22. The third-order valence-corrected chi connectivity index (χ3v) is 3.59. The Kier molecular flexibility index (Phi) is 6.94. The Morgan fingerprint density at radius 2 is 2.06 bits per heavy atom. The third kappa shape index (κ3) is 4.39. The zero-order chi connectivity index (χ0) is 13.5. The predicted molar refractivity (Wildman–Crippen MR) is 80.8 cm³/mol. The highest BCUT2D eigenvalue weighted by atomic mass is 79.9. The molecule has 0 spiro atoms. The first-order chi connectivity index (χ1) is 8.60. The number of rotatable bonds is 8. The van der Waals surface area contributed by atoms with Gasteiger partial charge in [-0.3, -0.25) is 4.68 Å². The van der Waals surface area contributed by atoms with Crippen LogP contribution in [0.1, 0.15) is 65.1 Å². The molecule has 1 atom stereocenters. The summed E-state index contributed by atoms with van der Waals surface area (Å²) in [6, 6.07) is 0.886. The highest BCUT2D eigenvalue weighted by Crippen LogP contribution is 2.27. The van der Waals surface area contributed by atoms with Crippen molar-refractivity contribution in [2.75, 3.05) is 0 Å². The van der Waals surface area contributed by atoms with Crippen LogP contribution in [0.2, 0.25) is 0 Å². The van der Waals surface area contributed by atoms with E-state index in [1.807, 2.05) is 6.20 Å². The Morgan fingerprint density at radius 3 is 2.61 bits per heavy atom. The number of halogens is 1. The Bertz CT molecular complexity index is 347. The van der Waals surface area contributed by atoms with Crippen LogP contribution in [0.5, 0.6) is 0 Å². The van der Waals surface area contributed by atoms with Crippen LogP contribution in [0.25, 0.3) is 0 Å². The average molecular weight is 316 g/mol. The van der Waals surface area contributed by atoms with E-state index in [4.69, 9.17) is 0 Å². The lowest BCUT2D eigenvalue weighted by atomic mass is 10.1. The summed E-state index contributed by atoms with van der Waals surface area (Å²) in [7, 11) is 0. The molecule has 1 aromatic rings. The van der Waals surface area contributed by atoms with Crippen LogP contribution in [-0.2, 0) is 6.54 Å². The van der Waals surface area contributed by atoms with E-state index in [1.54, 1.807) is 0 Å². The maximum absolute atomic E-state index is 4.47. The zero-order valence-corrected chi connectivity index (χ0v) is 13.6. The second-order valence-corrected chi connectivity index (χ2v) is 5.97. The number of hydrogen-bond donors (Lipinski definition) is 1. The molecule has 0 aliphatic carbocycles. The molecule has 1 aromatic heterocycles. The molecular formula is C14H26BrN3. The van der Waals surface area contributed by atoms with Gasteiger partial charge in [-0.2, -0.15) is 5.10 Å². The third-order valence-electron chi connectivity index (χ3n) is 2.98. The van der Waals surface area contributed by atoms with Crippen LogP contribution in [-0.4, -0.2) is 15.8 Å². The highest BCUT2D eigenvalue weighted by Gasteiger charge is 2.19. The van der Waals surface area contributed by atoms with Crippen LogP contribution in [0, 0.1) is 0 Å². The molecule has 0 amide bonds. The summed E-state index contributed by atoms with van der Waals surface area (Å²) < 4.78 is 3.27. The van der Waals surface area contributed by atoms with E-state index in [9.17, 15) is 0 Å². The molecule has 1 heterocycles. The Labute approximate surface area is 119 Å². The topological polar surface area (TPSA) is 29.9 Å². The molecule has 0 saturated heterocycles. The molecule has 18 heavy (non-hydrogen) atoms. The van der Waals surface area contributed by atoms with Gasteiger partial charge in [-0.15, -0.1) is 0 Å². The number of hydrogen-bond acceptors (Lipinski definition) is 2. The minimum Gasteiger partial charge on any atom is -0.306 e. The van der Waals surface area contributed by atoms with E-state index in [1.165, 1.54) is 25.0 Å². The van der Waals surface area contributed by atoms with Crippen molar-refractivity contribution in [2.45, 2.75) is 72.0 Å². The lowest BCUT2D eigenvalue weighted by molar-refractivity contribution is 0.406. The number of nitrogens with zero attached hydrogens (tertiary/aromatic N) is 2. The zero-order valence-electron chi connectivity index (χ0n) is 12.0. The fourth-order valence-corrected chi connectivity index (χ4v) is 2.79. The van der Waals surface area contributed by atoms with Gasteiger partial charge < -0.3 is 5.32 Å². The summed E-state index contributed by atoms with van der Waals surface area (Å²) in [4.78, 5) is 0. The van der Waals surface area contributed by atoms with Crippen molar-refractivity contribution in [3.8, 4) is 0 Å². The van der Waals surface area contributed by atoms with E-state index in [-0.39, 0.29) is 0 Å². The SMILES string of the molecule is CCCCC(NC(C)C)c1c(Br)cnn1CCC. The molecule has 0 fully saturated rings. The molecule has 0 aliphatic heterocycles. The van der Waals surface area contributed by atoms with Crippen LogP contribution in [0.4, 0.5) is 0 Å². The molecule has 0 aliphatic rings. The van der Waals surface area contributed by atoms with Gasteiger partial charge in [-0.05, 0) is 28.8 Å². The normalized spacial score (nSPS) is 13.2. The average Bonchev–Trinajstić information content (AvgIpc) is 2.66. The summed E-state index contributed by atoms with van der Waals surface area (Å²) >= 11 is 3.65. The van der Waals surface area contributed by atoms with Crippen molar-refractivity contribution in [1.82, 2.24) is 15.1 Å². The van der Waals surface area contributed by atoms with E-state index in [0.717, 1.165) is 17.4 Å². The molecule has 104 valence electrons. The Balaban J connectivity index is 2.91. The highest BCUT2D eigenvalue weighted by molar-refractivity contribution is 9.10. The van der Waals surface area contributed by atoms with Gasteiger partial charge in [0, 0.05) is 12.6 Å². The first-order valence-corrected chi connectivity index (χ1v) is 7.86. The molecule has 1 unspecified atom stereocenters. The van der Waals surface area contributed by atoms with Crippen molar-refractivity contribution >= 4 is 15.9 Å². The van der Waals surface area contributed by atoms with E-state index in [0.29, 0.717) is 12.1 Å². The molecular weight excluding hydrogens is 290 g/mol. The smallest absolute Gasteiger partial charge is 0.0695 e. The van der Waals surface area contributed by atoms with Gasteiger partial charge in [-0.25, -0.2) is 0 Å². The molecule has 4 heteroatoms.